The molecule has 0 saturated heterocycles. The molecular formula is C21H28N2O5. The van der Waals surface area contributed by atoms with Crippen molar-refractivity contribution < 1.29 is 23.7 Å². The van der Waals surface area contributed by atoms with Gasteiger partial charge in [-0.2, -0.15) is 0 Å². The molecule has 0 heterocycles. The number of methoxy groups -OCH3 is 3. The van der Waals surface area contributed by atoms with Gasteiger partial charge in [-0.25, -0.2) is 4.79 Å². The molecule has 2 aromatic rings. The van der Waals surface area contributed by atoms with Gasteiger partial charge < -0.3 is 29.6 Å². The molecule has 2 amide bonds. The van der Waals surface area contributed by atoms with E-state index in [1.54, 1.807) is 33.5 Å². The molecule has 0 aliphatic rings. The van der Waals surface area contributed by atoms with Crippen molar-refractivity contribution in [3.05, 3.63) is 47.5 Å². The molecule has 0 aliphatic carbocycles. The molecule has 7 heteroatoms. The van der Waals surface area contributed by atoms with Gasteiger partial charge in [0.1, 0.15) is 5.75 Å². The number of amides is 2. The lowest BCUT2D eigenvalue weighted by Gasteiger charge is -2.14. The van der Waals surface area contributed by atoms with Crippen LogP contribution in [0.1, 0.15) is 17.5 Å². The predicted octanol–water partition coefficient (Wildman–Crippen LogP) is 3.29. The Kier molecular flexibility index (Phi) is 8.27. The number of carbonyl (C=O) groups excluding carboxylic acids is 1. The summed E-state index contributed by atoms with van der Waals surface area (Å²) >= 11 is 0. The van der Waals surface area contributed by atoms with Crippen LogP contribution in [0.2, 0.25) is 0 Å². The summed E-state index contributed by atoms with van der Waals surface area (Å²) < 4.78 is 21.6. The third-order valence-electron chi connectivity index (χ3n) is 4.04. The molecule has 0 aromatic heterocycles. The van der Waals surface area contributed by atoms with Crippen LogP contribution in [0, 0.1) is 6.92 Å². The van der Waals surface area contributed by atoms with Crippen molar-refractivity contribution in [2.45, 2.75) is 19.9 Å². The fraction of sp³-hybridized carbons (Fsp3) is 0.381. The van der Waals surface area contributed by atoms with Crippen LogP contribution in [0.5, 0.6) is 23.0 Å². The monoisotopic (exact) mass is 388 g/mol. The van der Waals surface area contributed by atoms with E-state index in [2.05, 4.69) is 10.6 Å². The summed E-state index contributed by atoms with van der Waals surface area (Å²) in [6, 6.07) is 11.2. The van der Waals surface area contributed by atoms with Crippen LogP contribution < -0.4 is 29.6 Å². The van der Waals surface area contributed by atoms with Crippen LogP contribution in [-0.4, -0.2) is 40.5 Å². The summed E-state index contributed by atoms with van der Waals surface area (Å²) in [5, 5.41) is 5.63. The van der Waals surface area contributed by atoms with E-state index in [0.29, 0.717) is 43.4 Å². The van der Waals surface area contributed by atoms with Crippen LogP contribution >= 0.6 is 0 Å². The normalized spacial score (nSPS) is 10.1. The quantitative estimate of drug-likeness (QED) is 0.611. The molecule has 2 N–H and O–H groups in total. The Labute approximate surface area is 165 Å². The molecule has 0 saturated carbocycles. The van der Waals surface area contributed by atoms with Gasteiger partial charge in [-0.15, -0.1) is 0 Å². The van der Waals surface area contributed by atoms with E-state index in [1.807, 2.05) is 31.2 Å². The molecule has 0 radical (unpaired) electrons. The average Bonchev–Trinajstić information content (AvgIpc) is 2.71. The SMILES string of the molecule is COc1cc(CNC(=O)NCCCOc2cccc(C)c2)cc(OC)c1OC. The summed E-state index contributed by atoms with van der Waals surface area (Å²) in [7, 11) is 4.66. The van der Waals surface area contributed by atoms with Crippen molar-refractivity contribution in [3.8, 4) is 23.0 Å². The lowest BCUT2D eigenvalue weighted by Crippen LogP contribution is -2.36. The van der Waals surface area contributed by atoms with Gasteiger partial charge in [0, 0.05) is 13.1 Å². The molecule has 2 aromatic carbocycles. The number of aryl methyl sites for hydroxylation is 1. The van der Waals surface area contributed by atoms with E-state index in [9.17, 15) is 4.79 Å². The number of benzene rings is 2. The largest absolute Gasteiger partial charge is 0.494 e. The highest BCUT2D eigenvalue weighted by atomic mass is 16.5. The van der Waals surface area contributed by atoms with Gasteiger partial charge in [-0.3, -0.25) is 0 Å². The molecule has 0 bridgehead atoms. The summed E-state index contributed by atoms with van der Waals surface area (Å²) in [5.74, 6) is 2.46. The minimum Gasteiger partial charge on any atom is -0.494 e. The van der Waals surface area contributed by atoms with Crippen molar-refractivity contribution in [1.82, 2.24) is 10.6 Å². The topological polar surface area (TPSA) is 78.1 Å². The van der Waals surface area contributed by atoms with E-state index >= 15 is 0 Å². The van der Waals surface area contributed by atoms with E-state index in [0.717, 1.165) is 16.9 Å². The van der Waals surface area contributed by atoms with Gasteiger partial charge >= 0.3 is 6.03 Å². The van der Waals surface area contributed by atoms with Crippen molar-refractivity contribution in [2.24, 2.45) is 0 Å². The second-order valence-corrected chi connectivity index (χ2v) is 6.16. The highest BCUT2D eigenvalue weighted by Gasteiger charge is 2.13. The fourth-order valence-electron chi connectivity index (χ4n) is 2.65. The predicted molar refractivity (Wildman–Crippen MR) is 108 cm³/mol. The van der Waals surface area contributed by atoms with Crippen molar-refractivity contribution in [2.75, 3.05) is 34.5 Å². The Bertz CT molecular complexity index is 754. The van der Waals surface area contributed by atoms with Gasteiger partial charge in [-0.05, 0) is 48.7 Å². The number of nitrogens with one attached hydrogen (secondary N) is 2. The zero-order valence-electron chi connectivity index (χ0n) is 16.8. The number of urea groups is 1. The molecule has 28 heavy (non-hydrogen) atoms. The minimum atomic E-state index is -0.246. The maximum absolute atomic E-state index is 12.0. The Balaban J connectivity index is 1.73. The number of hydrogen-bond donors (Lipinski definition) is 2. The molecule has 7 nitrogen and oxygen atoms in total. The molecule has 152 valence electrons. The van der Waals surface area contributed by atoms with Crippen molar-refractivity contribution >= 4 is 6.03 Å². The molecule has 2 rings (SSSR count). The zero-order valence-corrected chi connectivity index (χ0v) is 16.8. The number of carbonyl (C=O) groups is 1. The number of rotatable bonds is 10. The Hall–Kier alpha value is -3.09. The minimum absolute atomic E-state index is 0.246. The second kappa shape index (κ2) is 10.9. The van der Waals surface area contributed by atoms with E-state index < -0.39 is 0 Å². The molecule has 0 unspecified atom stereocenters. The summed E-state index contributed by atoms with van der Waals surface area (Å²) in [6.07, 6.45) is 0.714. The second-order valence-electron chi connectivity index (χ2n) is 6.16. The summed E-state index contributed by atoms with van der Waals surface area (Å²) in [6.45, 7) is 3.42. The smallest absolute Gasteiger partial charge is 0.315 e. The Morgan fingerprint density at radius 2 is 1.68 bits per heavy atom. The first-order valence-electron chi connectivity index (χ1n) is 9.07. The van der Waals surface area contributed by atoms with Crippen LogP contribution in [0.4, 0.5) is 4.79 Å². The van der Waals surface area contributed by atoms with Crippen LogP contribution in [-0.2, 0) is 6.54 Å². The van der Waals surface area contributed by atoms with E-state index in [4.69, 9.17) is 18.9 Å². The van der Waals surface area contributed by atoms with E-state index in [1.165, 1.54) is 0 Å². The molecular weight excluding hydrogens is 360 g/mol. The van der Waals surface area contributed by atoms with Gasteiger partial charge in [0.2, 0.25) is 5.75 Å². The van der Waals surface area contributed by atoms with Crippen LogP contribution in [0.3, 0.4) is 0 Å². The Morgan fingerprint density at radius 3 is 2.29 bits per heavy atom. The van der Waals surface area contributed by atoms with E-state index in [-0.39, 0.29) is 6.03 Å². The van der Waals surface area contributed by atoms with Crippen LogP contribution in [0.25, 0.3) is 0 Å². The third kappa shape index (κ3) is 6.26. The van der Waals surface area contributed by atoms with Gasteiger partial charge in [0.05, 0.1) is 27.9 Å². The first kappa shape index (κ1) is 21.2. The maximum Gasteiger partial charge on any atom is 0.315 e. The first-order valence-corrected chi connectivity index (χ1v) is 9.07. The lowest BCUT2D eigenvalue weighted by molar-refractivity contribution is 0.238. The Morgan fingerprint density at radius 1 is 0.964 bits per heavy atom. The standard InChI is InChI=1S/C21H28N2O5/c1-15-7-5-8-17(11-15)28-10-6-9-22-21(24)23-14-16-12-18(25-2)20(27-4)19(13-16)26-3/h5,7-8,11-13H,6,9-10,14H2,1-4H3,(H2,22,23,24). The highest BCUT2D eigenvalue weighted by molar-refractivity contribution is 5.73. The first-order chi connectivity index (χ1) is 13.6. The maximum atomic E-state index is 12.0. The fourth-order valence-corrected chi connectivity index (χ4v) is 2.65. The summed E-state index contributed by atoms with van der Waals surface area (Å²) in [5.41, 5.74) is 1.99. The zero-order chi connectivity index (χ0) is 20.4. The van der Waals surface area contributed by atoms with Gasteiger partial charge in [-0.1, -0.05) is 12.1 Å². The molecule has 0 fully saturated rings. The van der Waals surface area contributed by atoms with Gasteiger partial charge in [0.25, 0.3) is 0 Å². The lowest BCUT2D eigenvalue weighted by atomic mass is 10.2. The van der Waals surface area contributed by atoms with Crippen molar-refractivity contribution in [1.29, 1.82) is 0 Å². The number of ether oxygens (including phenoxy) is 4. The molecule has 0 atom stereocenters. The highest BCUT2D eigenvalue weighted by Crippen LogP contribution is 2.38. The molecule has 0 spiro atoms. The number of hydrogen-bond acceptors (Lipinski definition) is 5. The average molecular weight is 388 g/mol. The summed E-state index contributed by atoms with van der Waals surface area (Å²) in [4.78, 5) is 12.0. The molecule has 0 aliphatic heterocycles. The van der Waals surface area contributed by atoms with Crippen molar-refractivity contribution in [3.63, 3.8) is 0 Å². The van der Waals surface area contributed by atoms with Gasteiger partial charge in [0.15, 0.2) is 11.5 Å². The van der Waals surface area contributed by atoms with Crippen LogP contribution in [0.15, 0.2) is 36.4 Å². The third-order valence-corrected chi connectivity index (χ3v) is 4.04.